The number of nitrogens with one attached hydrogen (secondary N) is 2. The normalized spacial score (nSPS) is 13.3. The lowest BCUT2D eigenvalue weighted by Crippen LogP contribution is -2.32. The number of carbonyl (C=O) groups is 3. The fraction of sp³-hybridized carbons (Fsp3) is 0.148. The van der Waals surface area contributed by atoms with Crippen molar-refractivity contribution in [2.75, 3.05) is 22.1 Å². The standard InChI is InChI=1S/C27H23Cl2N3O4/c1-3-36-21-12-9-18(10-13-21)30-23(33)14-17-5-7-19(8-6-17)31-25-24(29)26(34)32(27(25)35)20-11-4-16(2)22(28)15-20/h4-13,15,31H,3,14H2,1-2H3,(H,30,33). The highest BCUT2D eigenvalue weighted by Crippen LogP contribution is 2.32. The number of imide groups is 1. The van der Waals surface area contributed by atoms with E-state index in [1.54, 1.807) is 66.7 Å². The van der Waals surface area contributed by atoms with E-state index in [0.717, 1.165) is 21.8 Å². The molecule has 0 saturated heterocycles. The van der Waals surface area contributed by atoms with E-state index in [-0.39, 0.29) is 23.1 Å². The molecule has 9 heteroatoms. The SMILES string of the molecule is CCOc1ccc(NC(=O)Cc2ccc(NC3=C(Cl)C(=O)N(c4ccc(C)c(Cl)c4)C3=O)cc2)cc1. The quantitative estimate of drug-likeness (QED) is 0.371. The molecule has 36 heavy (non-hydrogen) atoms. The van der Waals surface area contributed by atoms with Crippen LogP contribution in [0.25, 0.3) is 0 Å². The third kappa shape index (κ3) is 5.53. The van der Waals surface area contributed by atoms with Crippen LogP contribution in [-0.2, 0) is 20.8 Å². The van der Waals surface area contributed by atoms with Crippen LogP contribution in [0.3, 0.4) is 0 Å². The third-order valence-corrected chi connectivity index (χ3v) is 6.24. The van der Waals surface area contributed by atoms with Crippen LogP contribution >= 0.6 is 23.2 Å². The number of rotatable bonds is 8. The summed E-state index contributed by atoms with van der Waals surface area (Å²) >= 11 is 12.4. The number of nitrogens with zero attached hydrogens (tertiary/aromatic N) is 1. The maximum Gasteiger partial charge on any atom is 0.283 e. The van der Waals surface area contributed by atoms with Crippen LogP contribution in [0.1, 0.15) is 18.1 Å². The summed E-state index contributed by atoms with van der Waals surface area (Å²) in [6.45, 7) is 4.30. The molecule has 3 aromatic rings. The molecule has 184 valence electrons. The number of amides is 3. The topological polar surface area (TPSA) is 87.7 Å². The van der Waals surface area contributed by atoms with E-state index >= 15 is 0 Å². The Balaban J connectivity index is 1.39. The van der Waals surface area contributed by atoms with Gasteiger partial charge in [-0.25, -0.2) is 4.90 Å². The lowest BCUT2D eigenvalue weighted by molar-refractivity contribution is -0.120. The summed E-state index contributed by atoms with van der Waals surface area (Å²) in [5, 5.41) is 5.99. The number of aryl methyl sites for hydroxylation is 1. The molecular weight excluding hydrogens is 501 g/mol. The van der Waals surface area contributed by atoms with Gasteiger partial charge in [-0.2, -0.15) is 0 Å². The first-order chi connectivity index (χ1) is 17.3. The first kappa shape index (κ1) is 25.3. The maximum atomic E-state index is 13.0. The van der Waals surface area contributed by atoms with E-state index in [0.29, 0.717) is 28.7 Å². The number of halogens is 2. The Morgan fingerprint density at radius 3 is 2.22 bits per heavy atom. The van der Waals surface area contributed by atoms with E-state index in [1.165, 1.54) is 0 Å². The Bertz CT molecular complexity index is 1350. The largest absolute Gasteiger partial charge is 0.494 e. The van der Waals surface area contributed by atoms with Crippen molar-refractivity contribution in [1.82, 2.24) is 0 Å². The molecular formula is C27H23Cl2N3O4. The second-order valence-corrected chi connectivity index (χ2v) is 8.86. The minimum Gasteiger partial charge on any atom is -0.494 e. The van der Waals surface area contributed by atoms with Gasteiger partial charge in [0.2, 0.25) is 5.91 Å². The Morgan fingerprint density at radius 1 is 0.917 bits per heavy atom. The van der Waals surface area contributed by atoms with Gasteiger partial charge in [-0.1, -0.05) is 41.4 Å². The van der Waals surface area contributed by atoms with Gasteiger partial charge in [-0.05, 0) is 73.5 Å². The summed E-state index contributed by atoms with van der Waals surface area (Å²) in [7, 11) is 0. The number of hydrogen-bond acceptors (Lipinski definition) is 5. The average Bonchev–Trinajstić information content (AvgIpc) is 3.06. The number of hydrogen-bond donors (Lipinski definition) is 2. The number of benzene rings is 3. The second-order valence-electron chi connectivity index (χ2n) is 8.07. The third-order valence-electron chi connectivity index (χ3n) is 5.48. The molecule has 0 unspecified atom stereocenters. The molecule has 0 bridgehead atoms. The molecule has 1 aliphatic heterocycles. The number of anilines is 3. The van der Waals surface area contributed by atoms with Gasteiger partial charge in [-0.15, -0.1) is 0 Å². The van der Waals surface area contributed by atoms with Crippen LogP contribution in [0, 0.1) is 6.92 Å². The fourth-order valence-corrected chi connectivity index (χ4v) is 4.00. The zero-order chi connectivity index (χ0) is 25.8. The highest BCUT2D eigenvalue weighted by Gasteiger charge is 2.39. The summed E-state index contributed by atoms with van der Waals surface area (Å²) in [6.07, 6.45) is 0.163. The highest BCUT2D eigenvalue weighted by atomic mass is 35.5. The molecule has 1 heterocycles. The molecule has 4 rings (SSSR count). The van der Waals surface area contributed by atoms with E-state index < -0.39 is 11.8 Å². The van der Waals surface area contributed by atoms with E-state index in [2.05, 4.69) is 10.6 Å². The molecule has 1 aliphatic rings. The van der Waals surface area contributed by atoms with Crippen LogP contribution in [0.2, 0.25) is 5.02 Å². The molecule has 3 amide bonds. The molecule has 0 fully saturated rings. The second kappa shape index (κ2) is 10.8. The van der Waals surface area contributed by atoms with Crippen LogP contribution < -0.4 is 20.3 Å². The Kier molecular flexibility index (Phi) is 7.62. The van der Waals surface area contributed by atoms with Gasteiger partial charge in [0.1, 0.15) is 16.5 Å². The van der Waals surface area contributed by atoms with Gasteiger partial charge >= 0.3 is 0 Å². The van der Waals surface area contributed by atoms with Crippen molar-refractivity contribution in [3.63, 3.8) is 0 Å². The minimum atomic E-state index is -0.633. The van der Waals surface area contributed by atoms with Crippen molar-refractivity contribution in [2.45, 2.75) is 20.3 Å². The summed E-state index contributed by atoms with van der Waals surface area (Å²) in [5.41, 5.74) is 3.12. The van der Waals surface area contributed by atoms with E-state index in [1.807, 2.05) is 13.8 Å². The highest BCUT2D eigenvalue weighted by molar-refractivity contribution is 6.53. The monoisotopic (exact) mass is 523 g/mol. The van der Waals surface area contributed by atoms with Crippen LogP contribution in [0.15, 0.2) is 77.5 Å². The van der Waals surface area contributed by atoms with E-state index in [9.17, 15) is 14.4 Å². The summed E-state index contributed by atoms with van der Waals surface area (Å²) in [6, 6.07) is 19.0. The molecule has 0 atom stereocenters. The smallest absolute Gasteiger partial charge is 0.283 e. The summed E-state index contributed by atoms with van der Waals surface area (Å²) < 4.78 is 5.40. The van der Waals surface area contributed by atoms with Crippen molar-refractivity contribution in [1.29, 1.82) is 0 Å². The predicted octanol–water partition coefficient (Wildman–Crippen LogP) is 5.66. The molecule has 0 saturated carbocycles. The van der Waals surface area contributed by atoms with Crippen molar-refractivity contribution in [2.24, 2.45) is 0 Å². The summed E-state index contributed by atoms with van der Waals surface area (Å²) in [5.74, 6) is -0.646. The van der Waals surface area contributed by atoms with Crippen LogP contribution in [0.5, 0.6) is 5.75 Å². The van der Waals surface area contributed by atoms with Gasteiger partial charge in [0.25, 0.3) is 11.8 Å². The van der Waals surface area contributed by atoms with Crippen LogP contribution in [0.4, 0.5) is 17.1 Å². The molecule has 7 nitrogen and oxygen atoms in total. The lowest BCUT2D eigenvalue weighted by Gasteiger charge is -2.16. The predicted molar refractivity (Wildman–Crippen MR) is 142 cm³/mol. The Labute approximate surface area is 218 Å². The van der Waals surface area contributed by atoms with Crippen molar-refractivity contribution < 1.29 is 19.1 Å². The van der Waals surface area contributed by atoms with Crippen molar-refractivity contribution >= 4 is 58.0 Å². The zero-order valence-electron chi connectivity index (χ0n) is 19.6. The first-order valence-electron chi connectivity index (χ1n) is 11.2. The minimum absolute atomic E-state index is 0.0284. The van der Waals surface area contributed by atoms with Gasteiger partial charge < -0.3 is 15.4 Å². The van der Waals surface area contributed by atoms with Gasteiger partial charge in [0.05, 0.1) is 18.7 Å². The Hall–Kier alpha value is -3.81. The Morgan fingerprint density at radius 2 is 1.58 bits per heavy atom. The van der Waals surface area contributed by atoms with Gasteiger partial charge in [-0.3, -0.25) is 14.4 Å². The molecule has 0 aliphatic carbocycles. The molecule has 2 N–H and O–H groups in total. The fourth-order valence-electron chi connectivity index (χ4n) is 3.61. The zero-order valence-corrected chi connectivity index (χ0v) is 21.1. The molecule has 0 spiro atoms. The van der Waals surface area contributed by atoms with Crippen molar-refractivity contribution in [3.05, 3.63) is 93.6 Å². The van der Waals surface area contributed by atoms with Crippen LogP contribution in [-0.4, -0.2) is 24.3 Å². The average molecular weight is 524 g/mol. The van der Waals surface area contributed by atoms with Crippen molar-refractivity contribution in [3.8, 4) is 5.75 Å². The lowest BCUT2D eigenvalue weighted by atomic mass is 10.1. The van der Waals surface area contributed by atoms with Gasteiger partial charge in [0.15, 0.2) is 0 Å². The van der Waals surface area contributed by atoms with E-state index in [4.69, 9.17) is 27.9 Å². The molecule has 3 aromatic carbocycles. The first-order valence-corrected chi connectivity index (χ1v) is 12.0. The molecule has 0 radical (unpaired) electrons. The summed E-state index contributed by atoms with van der Waals surface area (Å²) in [4.78, 5) is 39.0. The molecule has 0 aromatic heterocycles. The number of ether oxygens (including phenoxy) is 1. The number of carbonyl (C=O) groups excluding carboxylic acids is 3. The maximum absolute atomic E-state index is 13.0. The van der Waals surface area contributed by atoms with Gasteiger partial charge in [0, 0.05) is 16.4 Å².